The maximum Gasteiger partial charge on any atom is 0.249 e. The van der Waals surface area contributed by atoms with Gasteiger partial charge in [-0.1, -0.05) is 66.2 Å². The third-order valence-corrected chi connectivity index (χ3v) is 5.44. The lowest BCUT2D eigenvalue weighted by Gasteiger charge is -2.32. The first-order chi connectivity index (χ1) is 14.4. The number of amides is 1. The normalized spacial score (nSPS) is 19.0. The zero-order valence-electron chi connectivity index (χ0n) is 17.4. The van der Waals surface area contributed by atoms with E-state index >= 15 is 0 Å². The number of allylic oxidation sites excluding steroid dienone is 1. The Morgan fingerprint density at radius 1 is 1.10 bits per heavy atom. The summed E-state index contributed by atoms with van der Waals surface area (Å²) in [5, 5.41) is 3.51. The van der Waals surface area contributed by atoms with E-state index in [4.69, 9.17) is 11.6 Å². The van der Waals surface area contributed by atoms with Gasteiger partial charge in [-0.15, -0.1) is 0 Å². The van der Waals surface area contributed by atoms with Gasteiger partial charge in [-0.2, -0.15) is 0 Å². The van der Waals surface area contributed by atoms with Crippen LogP contribution in [-0.4, -0.2) is 23.9 Å². The van der Waals surface area contributed by atoms with E-state index in [1.165, 1.54) is 0 Å². The van der Waals surface area contributed by atoms with Crippen molar-refractivity contribution in [2.45, 2.75) is 26.7 Å². The summed E-state index contributed by atoms with van der Waals surface area (Å²) >= 11 is 6.21. The number of hydrogen-bond donors (Lipinski definition) is 1. The molecule has 2 atom stereocenters. The van der Waals surface area contributed by atoms with Crippen molar-refractivity contribution in [2.75, 3.05) is 6.54 Å². The molecular formula is C25H25ClN2O2. The van der Waals surface area contributed by atoms with Crippen molar-refractivity contribution < 1.29 is 9.59 Å². The Morgan fingerprint density at radius 2 is 1.83 bits per heavy atom. The highest BCUT2D eigenvalue weighted by molar-refractivity contribution is 6.30. The van der Waals surface area contributed by atoms with Crippen LogP contribution in [0.1, 0.15) is 37.8 Å². The van der Waals surface area contributed by atoms with Crippen LogP contribution in [-0.2, 0) is 9.59 Å². The molecule has 2 unspecified atom stereocenters. The molecule has 1 aliphatic heterocycles. The number of carbonyl (C=O) groups excluding carboxylic acids is 2. The van der Waals surface area contributed by atoms with Gasteiger partial charge in [-0.3, -0.25) is 14.6 Å². The minimum Gasteiger partial charge on any atom is -0.349 e. The molecule has 0 bridgehead atoms. The Hall–Kier alpha value is -2.98. The van der Waals surface area contributed by atoms with Crippen molar-refractivity contribution >= 4 is 35.1 Å². The first-order valence-corrected chi connectivity index (χ1v) is 10.3. The monoisotopic (exact) mass is 420 g/mol. The SMILES string of the molecule is CC(=O)C1C(C)=NC(C)=C(C(=O)NCC=Cc2ccccc2)C1c1cccc(Cl)c1. The van der Waals surface area contributed by atoms with Crippen molar-refractivity contribution in [2.24, 2.45) is 10.9 Å². The number of carbonyl (C=O) groups is 2. The molecule has 0 saturated carbocycles. The summed E-state index contributed by atoms with van der Waals surface area (Å²) in [6.45, 7) is 5.57. The van der Waals surface area contributed by atoms with Crippen LogP contribution < -0.4 is 5.32 Å². The number of nitrogens with one attached hydrogen (secondary N) is 1. The smallest absolute Gasteiger partial charge is 0.249 e. The van der Waals surface area contributed by atoms with Crippen LogP contribution in [0, 0.1) is 5.92 Å². The van der Waals surface area contributed by atoms with Crippen LogP contribution in [0.15, 0.2) is 76.9 Å². The van der Waals surface area contributed by atoms with Gasteiger partial charge in [0.2, 0.25) is 5.91 Å². The van der Waals surface area contributed by atoms with E-state index in [0.717, 1.165) is 11.1 Å². The van der Waals surface area contributed by atoms with Crippen LogP contribution in [0.4, 0.5) is 0 Å². The average Bonchev–Trinajstić information content (AvgIpc) is 2.71. The summed E-state index contributed by atoms with van der Waals surface area (Å²) in [6, 6.07) is 17.2. The van der Waals surface area contributed by atoms with Gasteiger partial charge < -0.3 is 5.32 Å². The summed E-state index contributed by atoms with van der Waals surface area (Å²) < 4.78 is 0. The highest BCUT2D eigenvalue weighted by Crippen LogP contribution is 2.40. The van der Waals surface area contributed by atoms with Crippen molar-refractivity contribution in [3.8, 4) is 0 Å². The molecule has 1 N–H and O–H groups in total. The molecule has 0 radical (unpaired) electrons. The number of rotatable bonds is 6. The lowest BCUT2D eigenvalue weighted by atomic mass is 9.74. The lowest BCUT2D eigenvalue weighted by Crippen LogP contribution is -2.37. The van der Waals surface area contributed by atoms with Crippen molar-refractivity contribution in [1.82, 2.24) is 5.32 Å². The third-order valence-electron chi connectivity index (χ3n) is 5.21. The van der Waals surface area contributed by atoms with E-state index in [0.29, 0.717) is 28.5 Å². The average molecular weight is 421 g/mol. The number of hydrogen-bond acceptors (Lipinski definition) is 3. The number of Topliss-reactive ketones (excluding diaryl/α,β-unsaturated/α-hetero) is 1. The van der Waals surface area contributed by atoms with E-state index in [1.54, 1.807) is 13.0 Å². The minimum atomic E-state index is -0.493. The number of aliphatic imine (C=N–C) groups is 1. The van der Waals surface area contributed by atoms with E-state index in [9.17, 15) is 9.59 Å². The van der Waals surface area contributed by atoms with Gasteiger partial charge in [0, 0.05) is 34.5 Å². The quantitative estimate of drug-likeness (QED) is 0.697. The standard InChI is InChI=1S/C25H25ClN2O2/c1-16-22(18(3)29)24(20-12-7-13-21(26)15-20)23(17(2)28-16)25(30)27-14-8-11-19-9-5-4-6-10-19/h4-13,15,22,24H,14H2,1-3H3,(H,27,30). The molecule has 5 heteroatoms. The maximum atomic E-state index is 13.1. The molecule has 154 valence electrons. The molecule has 2 aromatic carbocycles. The molecule has 3 rings (SSSR count). The number of ketones is 1. The summed E-state index contributed by atoms with van der Waals surface area (Å²) in [6.07, 6.45) is 3.86. The zero-order valence-corrected chi connectivity index (χ0v) is 18.1. The van der Waals surface area contributed by atoms with Crippen LogP contribution in [0.3, 0.4) is 0 Å². The van der Waals surface area contributed by atoms with Crippen molar-refractivity contribution in [1.29, 1.82) is 0 Å². The summed E-state index contributed by atoms with van der Waals surface area (Å²) in [4.78, 5) is 30.2. The van der Waals surface area contributed by atoms with Gasteiger partial charge in [0.1, 0.15) is 5.78 Å². The van der Waals surface area contributed by atoms with Crippen molar-refractivity contribution in [3.05, 3.63) is 88.1 Å². The van der Waals surface area contributed by atoms with Crippen LogP contribution in [0.2, 0.25) is 5.02 Å². The molecule has 1 aliphatic rings. The summed E-state index contributed by atoms with van der Waals surface area (Å²) in [5.41, 5.74) is 3.75. The van der Waals surface area contributed by atoms with Crippen molar-refractivity contribution in [3.63, 3.8) is 0 Å². The second-order valence-electron chi connectivity index (χ2n) is 7.40. The largest absolute Gasteiger partial charge is 0.349 e. The summed E-state index contributed by atoms with van der Waals surface area (Å²) in [5.74, 6) is -1.16. The lowest BCUT2D eigenvalue weighted by molar-refractivity contribution is -0.119. The molecule has 0 aromatic heterocycles. The van der Waals surface area contributed by atoms with Gasteiger partial charge in [-0.25, -0.2) is 0 Å². The third kappa shape index (κ3) is 4.95. The van der Waals surface area contributed by atoms with Gasteiger partial charge in [0.25, 0.3) is 0 Å². The molecule has 0 saturated heterocycles. The highest BCUT2D eigenvalue weighted by Gasteiger charge is 2.39. The van der Waals surface area contributed by atoms with E-state index in [2.05, 4.69) is 10.3 Å². The first kappa shape index (κ1) is 21.7. The molecule has 2 aromatic rings. The Bertz CT molecular complexity index is 1040. The fourth-order valence-electron chi connectivity index (χ4n) is 3.93. The molecule has 30 heavy (non-hydrogen) atoms. The van der Waals surface area contributed by atoms with Crippen LogP contribution in [0.5, 0.6) is 0 Å². The molecule has 1 heterocycles. The first-order valence-electron chi connectivity index (χ1n) is 9.90. The Labute approximate surface area is 182 Å². The van der Waals surface area contributed by atoms with Gasteiger partial charge >= 0.3 is 0 Å². The van der Waals surface area contributed by atoms with Gasteiger partial charge in [0.05, 0.1) is 5.92 Å². The summed E-state index contributed by atoms with van der Waals surface area (Å²) in [7, 11) is 0. The van der Waals surface area contributed by atoms with Crippen LogP contribution >= 0.6 is 11.6 Å². The molecular weight excluding hydrogens is 396 g/mol. The molecule has 0 fully saturated rings. The number of nitrogens with zero attached hydrogens (tertiary/aromatic N) is 1. The van der Waals surface area contributed by atoms with Crippen LogP contribution in [0.25, 0.3) is 6.08 Å². The van der Waals surface area contributed by atoms with Gasteiger partial charge in [0.15, 0.2) is 0 Å². The maximum absolute atomic E-state index is 13.1. The van der Waals surface area contributed by atoms with E-state index < -0.39 is 11.8 Å². The fraction of sp³-hybridized carbons (Fsp3) is 0.240. The molecule has 4 nitrogen and oxygen atoms in total. The Morgan fingerprint density at radius 3 is 2.50 bits per heavy atom. The molecule has 1 amide bonds. The Kier molecular flexibility index (Phi) is 7.01. The Balaban J connectivity index is 1.88. The zero-order chi connectivity index (χ0) is 21.7. The van der Waals surface area contributed by atoms with E-state index in [1.807, 2.05) is 74.5 Å². The topological polar surface area (TPSA) is 58.5 Å². The molecule has 0 aliphatic carbocycles. The number of halogens is 1. The predicted molar refractivity (Wildman–Crippen MR) is 123 cm³/mol. The highest BCUT2D eigenvalue weighted by atomic mass is 35.5. The second kappa shape index (κ2) is 9.68. The second-order valence-corrected chi connectivity index (χ2v) is 7.83. The van der Waals surface area contributed by atoms with Gasteiger partial charge in [-0.05, 0) is 44.0 Å². The molecule has 0 spiro atoms. The predicted octanol–water partition coefficient (Wildman–Crippen LogP) is 5.21. The van der Waals surface area contributed by atoms with E-state index in [-0.39, 0.29) is 11.7 Å². The fourth-order valence-corrected chi connectivity index (χ4v) is 4.13. The number of benzene rings is 2. The minimum absolute atomic E-state index is 0.0250.